The number of halogens is 5. The quantitative estimate of drug-likeness (QED) is 0.154. The maximum Gasteiger partial charge on any atom is 0.416 e. The molecule has 0 fully saturated rings. The van der Waals surface area contributed by atoms with Crippen molar-refractivity contribution in [3.05, 3.63) is 129 Å². The van der Waals surface area contributed by atoms with E-state index in [4.69, 9.17) is 11.6 Å². The van der Waals surface area contributed by atoms with E-state index < -0.39 is 51.9 Å². The van der Waals surface area contributed by atoms with E-state index in [1.54, 1.807) is 54.6 Å². The maximum absolute atomic E-state index is 14.4. The molecule has 4 rings (SSSR count). The van der Waals surface area contributed by atoms with Gasteiger partial charge in [-0.05, 0) is 60.0 Å². The molecule has 0 spiro atoms. The lowest BCUT2D eigenvalue weighted by Gasteiger charge is -2.34. The first-order valence-corrected chi connectivity index (χ1v) is 17.2. The lowest BCUT2D eigenvalue weighted by molar-refractivity contribution is -0.140. The minimum atomic E-state index is -4.82. The maximum atomic E-state index is 14.4. The second-order valence-corrected chi connectivity index (χ2v) is 13.8. The number of rotatable bonds is 13. The second kappa shape index (κ2) is 15.8. The van der Waals surface area contributed by atoms with E-state index in [2.05, 4.69) is 21.2 Å². The molecule has 4 aromatic rings. The van der Waals surface area contributed by atoms with Crippen molar-refractivity contribution in [1.82, 2.24) is 10.2 Å². The number of alkyl halides is 3. The van der Waals surface area contributed by atoms with Gasteiger partial charge in [0.2, 0.25) is 11.8 Å². The van der Waals surface area contributed by atoms with E-state index in [1.165, 1.54) is 29.2 Å². The summed E-state index contributed by atoms with van der Waals surface area (Å²) < 4.78 is 70.9. The van der Waals surface area contributed by atoms with Crippen LogP contribution in [0.15, 0.2) is 112 Å². The summed E-state index contributed by atoms with van der Waals surface area (Å²) >= 11 is 9.74. The molecule has 7 nitrogen and oxygen atoms in total. The number of carbonyl (C=O) groups excluding carboxylic acids is 2. The van der Waals surface area contributed by atoms with E-state index in [9.17, 15) is 31.2 Å². The van der Waals surface area contributed by atoms with Crippen molar-refractivity contribution < 1.29 is 31.2 Å². The molecule has 0 aromatic heterocycles. The van der Waals surface area contributed by atoms with Gasteiger partial charge in [0, 0.05) is 24.0 Å². The van der Waals surface area contributed by atoms with Crippen LogP contribution in [0.5, 0.6) is 0 Å². The molecule has 0 aliphatic carbocycles. The normalized spacial score (nSPS) is 12.3. The summed E-state index contributed by atoms with van der Waals surface area (Å²) in [4.78, 5) is 29.1. The van der Waals surface area contributed by atoms with Crippen LogP contribution >= 0.6 is 27.5 Å². The molecule has 248 valence electrons. The highest BCUT2D eigenvalue weighted by Gasteiger charge is 2.37. The highest BCUT2D eigenvalue weighted by molar-refractivity contribution is 9.10. The molecule has 0 saturated carbocycles. The van der Waals surface area contributed by atoms with E-state index in [1.807, 2.05) is 13.0 Å². The number of nitrogens with one attached hydrogen (secondary N) is 1. The van der Waals surface area contributed by atoms with Gasteiger partial charge in [-0.1, -0.05) is 95.1 Å². The summed E-state index contributed by atoms with van der Waals surface area (Å²) in [6, 6.07) is 24.2. The average molecular weight is 751 g/mol. The third kappa shape index (κ3) is 9.36. The van der Waals surface area contributed by atoms with Crippen LogP contribution in [0.1, 0.15) is 30.0 Å². The molecular formula is C34H32BrClF3N3O4S. The molecule has 0 bridgehead atoms. The monoisotopic (exact) mass is 749 g/mol. The lowest BCUT2D eigenvalue weighted by Crippen LogP contribution is -2.53. The Bertz CT molecular complexity index is 1780. The largest absolute Gasteiger partial charge is 0.416 e. The Balaban J connectivity index is 1.86. The van der Waals surface area contributed by atoms with Gasteiger partial charge in [0.25, 0.3) is 10.0 Å². The van der Waals surface area contributed by atoms with Crippen molar-refractivity contribution in [3.63, 3.8) is 0 Å². The lowest BCUT2D eigenvalue weighted by atomic mass is 10.0. The highest BCUT2D eigenvalue weighted by Crippen LogP contribution is 2.37. The Labute approximate surface area is 285 Å². The number of carbonyl (C=O) groups is 2. The SMILES string of the molecule is CCCNC(=O)C(Cc1ccccc1)N(Cc1ccc(Br)cc1)C(=O)CN(c1cc(C(F)(F)F)ccc1Cl)S(=O)(=O)c1ccccc1. The number of benzene rings is 4. The van der Waals surface area contributed by atoms with Gasteiger partial charge in [-0.15, -0.1) is 0 Å². The molecule has 13 heteroatoms. The van der Waals surface area contributed by atoms with Crippen molar-refractivity contribution >= 4 is 55.1 Å². The van der Waals surface area contributed by atoms with E-state index in [0.29, 0.717) is 28.9 Å². The Kier molecular flexibility index (Phi) is 12.1. The number of amides is 2. The third-order valence-corrected chi connectivity index (χ3v) is 9.86. The molecular weight excluding hydrogens is 719 g/mol. The van der Waals surface area contributed by atoms with Crippen LogP contribution in [0.3, 0.4) is 0 Å². The second-order valence-electron chi connectivity index (χ2n) is 10.6. The fourth-order valence-electron chi connectivity index (χ4n) is 4.82. The van der Waals surface area contributed by atoms with E-state index in [-0.39, 0.29) is 22.9 Å². The summed E-state index contributed by atoms with van der Waals surface area (Å²) in [6.45, 7) is 1.17. The molecule has 1 atom stereocenters. The van der Waals surface area contributed by atoms with Gasteiger partial charge in [0.1, 0.15) is 12.6 Å². The molecule has 1 unspecified atom stereocenters. The summed E-state index contributed by atoms with van der Waals surface area (Å²) in [5, 5.41) is 2.53. The Hall–Kier alpha value is -3.87. The Morgan fingerprint density at radius 3 is 2.11 bits per heavy atom. The van der Waals surface area contributed by atoms with Crippen molar-refractivity contribution in [3.8, 4) is 0 Å². The van der Waals surface area contributed by atoms with Gasteiger partial charge in [0.05, 0.1) is 21.2 Å². The van der Waals surface area contributed by atoms with Gasteiger partial charge in [0.15, 0.2) is 0 Å². The van der Waals surface area contributed by atoms with Crippen LogP contribution in [0, 0.1) is 0 Å². The van der Waals surface area contributed by atoms with Crippen molar-refractivity contribution in [2.75, 3.05) is 17.4 Å². The number of nitrogens with zero attached hydrogens (tertiary/aromatic N) is 2. The zero-order valence-corrected chi connectivity index (χ0v) is 28.4. The first-order chi connectivity index (χ1) is 22.3. The molecule has 0 aliphatic heterocycles. The number of sulfonamides is 1. The van der Waals surface area contributed by atoms with Crippen LogP contribution in [0.2, 0.25) is 5.02 Å². The molecule has 2 amide bonds. The topological polar surface area (TPSA) is 86.8 Å². The first-order valence-electron chi connectivity index (χ1n) is 14.6. The third-order valence-electron chi connectivity index (χ3n) is 7.24. The molecule has 4 aromatic carbocycles. The van der Waals surface area contributed by atoms with Crippen LogP contribution in [-0.2, 0) is 38.8 Å². The first kappa shape index (κ1) is 36.0. The summed E-state index contributed by atoms with van der Waals surface area (Å²) in [5.74, 6) is -1.29. The Morgan fingerprint density at radius 1 is 0.894 bits per heavy atom. The standard InChI is InChI=1S/C34H32BrClF3N3O4S/c1-2-19-40-33(44)31(20-24-9-5-3-6-10-24)41(22-25-13-16-27(35)17-14-25)32(43)23-42(47(45,46)28-11-7-4-8-12-28)30-21-26(34(37,38)39)15-18-29(30)36/h3-18,21,31H,2,19-20,22-23H2,1H3,(H,40,44). The van der Waals surface area contributed by atoms with Gasteiger partial charge in [-0.25, -0.2) is 8.42 Å². The molecule has 0 heterocycles. The van der Waals surface area contributed by atoms with Gasteiger partial charge >= 0.3 is 6.18 Å². The number of anilines is 1. The minimum absolute atomic E-state index is 0.0917. The molecule has 47 heavy (non-hydrogen) atoms. The average Bonchev–Trinajstić information content (AvgIpc) is 3.05. The summed E-state index contributed by atoms with van der Waals surface area (Å²) in [7, 11) is -4.64. The molecule has 0 saturated heterocycles. The number of hydrogen-bond acceptors (Lipinski definition) is 4. The number of hydrogen-bond donors (Lipinski definition) is 1. The van der Waals surface area contributed by atoms with E-state index >= 15 is 0 Å². The highest BCUT2D eigenvalue weighted by atomic mass is 79.9. The summed E-state index contributed by atoms with van der Waals surface area (Å²) in [5.41, 5.74) is -0.299. The smallest absolute Gasteiger partial charge is 0.354 e. The van der Waals surface area contributed by atoms with Crippen LogP contribution in [-0.4, -0.2) is 44.3 Å². The molecule has 1 N–H and O–H groups in total. The minimum Gasteiger partial charge on any atom is -0.354 e. The fourth-order valence-corrected chi connectivity index (χ4v) is 6.80. The zero-order chi connectivity index (χ0) is 34.2. The predicted octanol–water partition coefficient (Wildman–Crippen LogP) is 7.48. The molecule has 0 aliphatic rings. The van der Waals surface area contributed by atoms with Crippen LogP contribution in [0.25, 0.3) is 0 Å². The van der Waals surface area contributed by atoms with Gasteiger partial charge in [-0.3, -0.25) is 13.9 Å². The zero-order valence-electron chi connectivity index (χ0n) is 25.3. The summed E-state index contributed by atoms with van der Waals surface area (Å²) in [6.07, 6.45) is -4.10. The van der Waals surface area contributed by atoms with Crippen molar-refractivity contribution in [2.24, 2.45) is 0 Å². The van der Waals surface area contributed by atoms with Crippen molar-refractivity contribution in [1.29, 1.82) is 0 Å². The van der Waals surface area contributed by atoms with Gasteiger partial charge < -0.3 is 10.2 Å². The molecule has 0 radical (unpaired) electrons. The Morgan fingerprint density at radius 2 is 1.51 bits per heavy atom. The van der Waals surface area contributed by atoms with Crippen LogP contribution in [0.4, 0.5) is 18.9 Å². The van der Waals surface area contributed by atoms with Crippen LogP contribution < -0.4 is 9.62 Å². The van der Waals surface area contributed by atoms with Crippen molar-refractivity contribution in [2.45, 2.75) is 43.4 Å². The predicted molar refractivity (Wildman–Crippen MR) is 179 cm³/mol. The van der Waals surface area contributed by atoms with Gasteiger partial charge in [-0.2, -0.15) is 13.2 Å². The van der Waals surface area contributed by atoms with E-state index in [0.717, 1.165) is 22.2 Å². The fraction of sp³-hybridized carbons (Fsp3) is 0.235.